The van der Waals surface area contributed by atoms with Crippen molar-refractivity contribution in [3.05, 3.63) is 337 Å². The maximum Gasteiger partial charge on any atom is 0.419 e. The maximum absolute atomic E-state index is 13.3. The molecule has 0 aliphatic rings. The molecule has 0 spiro atoms. The molecule has 652 valence electrons. The number of rotatable bonds is 11. The molecule has 0 atom stereocenters. The van der Waals surface area contributed by atoms with Crippen molar-refractivity contribution in [3.63, 3.8) is 0 Å². The lowest BCUT2D eigenvalue weighted by molar-refractivity contribution is -0.140. The Morgan fingerprint density at radius 1 is 0.280 bits per heavy atom. The third-order valence-electron chi connectivity index (χ3n) is 21.4. The second kappa shape index (κ2) is 54.0. The monoisotopic (exact) mass is 1650 g/mol. The fraction of sp³-hybridized carbons (Fsp3) is 0.450. The molecule has 10 rings (SSSR count). The summed E-state index contributed by atoms with van der Waals surface area (Å²) >= 11 is 6.09. The molecule has 10 aromatic rings. The van der Waals surface area contributed by atoms with Crippen LogP contribution in [0.4, 0.5) is 26.3 Å². The van der Waals surface area contributed by atoms with Crippen LogP contribution in [0.3, 0.4) is 0 Å². The summed E-state index contributed by atoms with van der Waals surface area (Å²) in [6.07, 6.45) is -4.62. The van der Waals surface area contributed by atoms with Gasteiger partial charge in [-0.1, -0.05) is 298 Å². The van der Waals surface area contributed by atoms with E-state index >= 15 is 0 Å². The topological polar surface area (TPSA) is 29.5 Å². The van der Waals surface area contributed by atoms with Crippen molar-refractivity contribution in [3.8, 4) is 11.5 Å². The van der Waals surface area contributed by atoms with Gasteiger partial charge in [-0.2, -0.15) is 13.2 Å². The van der Waals surface area contributed by atoms with Crippen molar-refractivity contribution in [1.82, 2.24) is 0 Å². The van der Waals surface area contributed by atoms with E-state index in [1.165, 1.54) is 118 Å². The number of hydrogen-bond acceptors (Lipinski definition) is 2. The van der Waals surface area contributed by atoms with Gasteiger partial charge in [0, 0.05) is 5.02 Å². The van der Waals surface area contributed by atoms with Gasteiger partial charge >= 0.3 is 6.18 Å². The molecule has 0 bridgehead atoms. The number of phenols is 1. The summed E-state index contributed by atoms with van der Waals surface area (Å²) in [5, 5.41) is 10.0. The van der Waals surface area contributed by atoms with E-state index in [9.17, 15) is 26.3 Å². The summed E-state index contributed by atoms with van der Waals surface area (Å²) in [7, 11) is 1.70. The van der Waals surface area contributed by atoms with E-state index in [-0.39, 0.29) is 38.0 Å². The zero-order valence-corrected chi connectivity index (χ0v) is 78.7. The van der Waals surface area contributed by atoms with Crippen molar-refractivity contribution in [2.24, 2.45) is 0 Å². The zero-order chi connectivity index (χ0) is 89.3. The van der Waals surface area contributed by atoms with E-state index in [1.54, 1.807) is 45.2 Å². The first-order valence-electron chi connectivity index (χ1n) is 41.6. The molecule has 9 heteroatoms. The second-order valence-electron chi connectivity index (χ2n) is 34.0. The Hall–Kier alpha value is -8.33. The van der Waals surface area contributed by atoms with E-state index in [0.29, 0.717) is 59.0 Å². The highest BCUT2D eigenvalue weighted by Gasteiger charge is 2.35. The van der Waals surface area contributed by atoms with E-state index in [0.717, 1.165) is 44.7 Å². The molecule has 1 N–H and O–H groups in total. The van der Waals surface area contributed by atoms with Crippen molar-refractivity contribution < 1.29 is 36.2 Å². The average molecular weight is 1650 g/mol. The summed E-state index contributed by atoms with van der Waals surface area (Å²) in [6.45, 7) is 73.9. The van der Waals surface area contributed by atoms with Crippen molar-refractivity contribution >= 4 is 11.6 Å². The Bertz CT molecular complexity index is 4260. The lowest BCUT2D eigenvalue weighted by Gasteiger charge is -2.12. The molecule has 0 saturated heterocycles. The van der Waals surface area contributed by atoms with Crippen LogP contribution in [0, 0.1) is 121 Å². The molecular weight excluding hydrogens is 1490 g/mol. The molecule has 0 unspecified atom stereocenters. The van der Waals surface area contributed by atoms with E-state index in [2.05, 4.69) is 284 Å². The summed E-state index contributed by atoms with van der Waals surface area (Å²) in [5.74, 6) is 4.88. The van der Waals surface area contributed by atoms with Crippen LogP contribution in [0.25, 0.3) is 0 Å². The smallest absolute Gasteiger partial charge is 0.419 e. The van der Waals surface area contributed by atoms with Gasteiger partial charge in [-0.05, 0) is 339 Å². The molecule has 118 heavy (non-hydrogen) atoms. The molecule has 0 saturated carbocycles. The number of aryl methyl sites for hydroxylation is 8. The van der Waals surface area contributed by atoms with Crippen LogP contribution in [0.5, 0.6) is 11.5 Å². The van der Waals surface area contributed by atoms with Gasteiger partial charge in [0.25, 0.3) is 0 Å². The maximum atomic E-state index is 13.3. The third kappa shape index (κ3) is 36.7. The minimum atomic E-state index is -4.62. The Kier molecular flexibility index (Phi) is 51.2. The molecule has 0 amide bonds. The highest BCUT2D eigenvalue weighted by molar-refractivity contribution is 6.32. The van der Waals surface area contributed by atoms with Gasteiger partial charge in [0.2, 0.25) is 0 Å². The average Bonchev–Trinajstić information content (AvgIpc) is 0.821. The summed E-state index contributed by atoms with van der Waals surface area (Å²) in [4.78, 5) is 0. The zero-order valence-electron chi connectivity index (χ0n) is 77.9. The molecule has 0 aliphatic carbocycles. The van der Waals surface area contributed by atoms with Crippen LogP contribution in [-0.2, 0) is 6.18 Å². The fourth-order valence-corrected chi connectivity index (χ4v) is 13.9. The predicted octanol–water partition coefficient (Wildman–Crippen LogP) is 35.8. The van der Waals surface area contributed by atoms with Crippen LogP contribution in [0.2, 0.25) is 5.02 Å². The number of aromatic hydroxyl groups is 1. The lowest BCUT2D eigenvalue weighted by atomic mass is 9.95. The third-order valence-corrected chi connectivity index (χ3v) is 21.9. The normalized spacial score (nSPS) is 10.7. The Morgan fingerprint density at radius 2 is 0.551 bits per heavy atom. The standard InChI is InChI=1S/2C11H15F.C11H16O.4C11H16.C10H13Cl.C10H10F4.C10H14O.2CH4/c2*1-7(2)10-5-6-11(12)9(4)8(10)3;1-8(2)11-6-5-10(12-4)7-9(11)3;1-8(2)11-6-5-9(3)7-10(11)4;3*1-8(2)11-7-5-6-9(3)10(11)4;1-7(2)9-6-4-5-8(3)10(9)11;1-6(2)7-4-3-5-8(9(7)11)10(12,13)14;1-7(2)10-5-4-9(11)6-8(10)3;;/h2*5-7H,1-4H3;5-8H,1-4H3;4*5-8H,1-4H3;4-7H,1-3H3;3-6H,1-2H3;4-7,11H,1-3H3;2*1H4. The van der Waals surface area contributed by atoms with Gasteiger partial charge < -0.3 is 9.84 Å². The quantitative estimate of drug-likeness (QED) is 0.131. The predicted molar refractivity (Wildman–Crippen MR) is 508 cm³/mol. The molecular formula is C109H155ClF6O2. The summed E-state index contributed by atoms with van der Waals surface area (Å²) < 4.78 is 81.2. The highest BCUT2D eigenvalue weighted by atomic mass is 35.5. The van der Waals surface area contributed by atoms with E-state index in [4.69, 9.17) is 21.4 Å². The Balaban J connectivity index is 0. The van der Waals surface area contributed by atoms with Crippen molar-refractivity contribution in [2.75, 3.05) is 7.11 Å². The van der Waals surface area contributed by atoms with Gasteiger partial charge in [-0.3, -0.25) is 0 Å². The van der Waals surface area contributed by atoms with Gasteiger partial charge in [0.05, 0.1) is 12.7 Å². The minimum absolute atomic E-state index is 0. The first-order valence-corrected chi connectivity index (χ1v) is 42.0. The Morgan fingerprint density at radius 3 is 0.839 bits per heavy atom. The Labute approximate surface area is 721 Å². The van der Waals surface area contributed by atoms with Crippen LogP contribution < -0.4 is 4.74 Å². The van der Waals surface area contributed by atoms with Gasteiger partial charge in [0.15, 0.2) is 0 Å². The van der Waals surface area contributed by atoms with Crippen molar-refractivity contribution in [1.29, 1.82) is 0 Å². The second-order valence-corrected chi connectivity index (χ2v) is 34.4. The molecule has 0 aromatic heterocycles. The lowest BCUT2D eigenvalue weighted by Crippen LogP contribution is -2.10. The molecule has 2 nitrogen and oxygen atoms in total. The van der Waals surface area contributed by atoms with E-state index in [1.807, 2.05) is 71.9 Å². The van der Waals surface area contributed by atoms with Crippen molar-refractivity contribution in [2.45, 2.75) is 323 Å². The first kappa shape index (κ1) is 112. The number of ether oxygens (including phenoxy) is 1. The number of phenolic OH excluding ortho intramolecular Hbond substituents is 1. The van der Waals surface area contributed by atoms with Crippen LogP contribution in [0.1, 0.15) is 357 Å². The number of halogens is 7. The highest BCUT2D eigenvalue weighted by Crippen LogP contribution is 2.35. The summed E-state index contributed by atoms with van der Waals surface area (Å²) in [6, 6.07) is 54.3. The number of hydrogen-bond donors (Lipinski definition) is 1. The number of benzene rings is 10. The SMILES string of the molecule is C.C.CC(C)c1cccc(C(F)(F)F)c1F.COc1ccc(C(C)C)c(C)c1.Cc1c(F)ccc(C(C)C)c1C.Cc1c(F)ccc(C(C)C)c1C.Cc1cc(O)ccc1C(C)C.Cc1ccc(C(C)C)c(C)c1.Cc1cccc(C(C)C)c1C.Cc1cccc(C(C)C)c1C.Cc1cccc(C(C)C)c1C.Cc1cccc(C(C)C)c1Cl. The number of methoxy groups -OCH3 is 1. The first-order chi connectivity index (χ1) is 53.8. The van der Waals surface area contributed by atoms with Gasteiger partial charge in [0.1, 0.15) is 29.0 Å². The van der Waals surface area contributed by atoms with Gasteiger partial charge in [-0.15, -0.1) is 0 Å². The largest absolute Gasteiger partial charge is 0.508 e. The van der Waals surface area contributed by atoms with Crippen LogP contribution >= 0.6 is 11.6 Å². The molecule has 0 heterocycles. The fourth-order valence-electron chi connectivity index (χ4n) is 13.6. The minimum Gasteiger partial charge on any atom is -0.508 e. The molecule has 10 aromatic carbocycles. The molecule has 0 aliphatic heterocycles. The van der Waals surface area contributed by atoms with Gasteiger partial charge in [-0.25, -0.2) is 13.2 Å². The summed E-state index contributed by atoms with van der Waals surface area (Å²) in [5.41, 5.74) is 29.9. The van der Waals surface area contributed by atoms with Crippen LogP contribution in [-0.4, -0.2) is 12.2 Å². The van der Waals surface area contributed by atoms with E-state index < -0.39 is 17.6 Å². The number of alkyl halides is 3. The molecule has 0 fully saturated rings. The van der Waals surface area contributed by atoms with Crippen LogP contribution in [0.15, 0.2) is 170 Å². The molecule has 0 radical (unpaired) electrons.